The lowest BCUT2D eigenvalue weighted by molar-refractivity contribution is 0.000428. The largest absolute Gasteiger partial charge is 0.374 e. The van der Waals surface area contributed by atoms with Crippen molar-refractivity contribution in [1.82, 2.24) is 19.6 Å². The van der Waals surface area contributed by atoms with Crippen molar-refractivity contribution in [2.45, 2.75) is 25.9 Å². The van der Waals surface area contributed by atoms with Crippen molar-refractivity contribution >= 4 is 15.9 Å². The first-order valence-corrected chi connectivity index (χ1v) is 9.40. The third-order valence-electron chi connectivity index (χ3n) is 3.59. The van der Waals surface area contributed by atoms with Gasteiger partial charge in [-0.25, -0.2) is 18.4 Å². The molecule has 1 aromatic rings. The molecule has 1 amide bonds. The van der Waals surface area contributed by atoms with Crippen LogP contribution in [0.25, 0.3) is 0 Å². The Morgan fingerprint density at radius 3 is 3.00 bits per heavy atom. The lowest BCUT2D eigenvalue weighted by atomic mass is 10.1. The zero-order valence-corrected chi connectivity index (χ0v) is 14.2. The summed E-state index contributed by atoms with van der Waals surface area (Å²) < 4.78 is 30.0. The number of carbonyl (C=O) groups is 1. The Balaban J connectivity index is 1.94. The molecule has 8 nitrogen and oxygen atoms in total. The fourth-order valence-corrected chi connectivity index (χ4v) is 3.24. The number of morpholine rings is 1. The molecule has 1 aliphatic heterocycles. The molecule has 1 aromatic heterocycles. The number of ether oxygens (including phenoxy) is 1. The van der Waals surface area contributed by atoms with Gasteiger partial charge in [0.2, 0.25) is 10.0 Å². The fraction of sp³-hybridized carbons (Fsp3) is 0.643. The number of carbonyl (C=O) groups excluding carboxylic acids is 1. The van der Waals surface area contributed by atoms with E-state index in [9.17, 15) is 13.2 Å². The third kappa shape index (κ3) is 4.95. The van der Waals surface area contributed by atoms with Gasteiger partial charge in [0.25, 0.3) is 5.91 Å². The number of sulfonamides is 1. The molecule has 0 aromatic carbocycles. The van der Waals surface area contributed by atoms with Crippen LogP contribution in [0.5, 0.6) is 0 Å². The van der Waals surface area contributed by atoms with E-state index < -0.39 is 10.0 Å². The molecule has 0 spiro atoms. The average molecular weight is 342 g/mol. The molecule has 1 aliphatic rings. The molecule has 23 heavy (non-hydrogen) atoms. The van der Waals surface area contributed by atoms with Gasteiger partial charge in [-0.05, 0) is 6.42 Å². The van der Waals surface area contributed by atoms with Crippen molar-refractivity contribution in [2.75, 3.05) is 32.5 Å². The molecule has 0 radical (unpaired) electrons. The second-order valence-electron chi connectivity index (χ2n) is 5.46. The van der Waals surface area contributed by atoms with Crippen LogP contribution in [0.2, 0.25) is 0 Å². The molecule has 0 saturated carbocycles. The molecular formula is C14H22N4O4S. The molecule has 1 N–H and O–H groups in total. The van der Waals surface area contributed by atoms with E-state index in [1.54, 1.807) is 0 Å². The van der Waals surface area contributed by atoms with Crippen LogP contribution < -0.4 is 5.32 Å². The summed E-state index contributed by atoms with van der Waals surface area (Å²) in [6, 6.07) is 0. The van der Waals surface area contributed by atoms with Crippen LogP contribution in [-0.4, -0.2) is 67.2 Å². The molecule has 1 atom stereocenters. The normalized spacial score (nSPS) is 19.5. The molecule has 9 heteroatoms. The van der Waals surface area contributed by atoms with Crippen molar-refractivity contribution in [2.24, 2.45) is 0 Å². The first-order valence-electron chi connectivity index (χ1n) is 7.55. The van der Waals surface area contributed by atoms with Crippen LogP contribution in [0.1, 0.15) is 29.4 Å². The predicted octanol–water partition coefficient (Wildman–Crippen LogP) is -0.181. The smallest absolute Gasteiger partial charge is 0.254 e. The minimum absolute atomic E-state index is 0.241. The van der Waals surface area contributed by atoms with E-state index in [1.807, 2.05) is 6.92 Å². The zero-order valence-electron chi connectivity index (χ0n) is 13.4. The zero-order chi connectivity index (χ0) is 16.9. The van der Waals surface area contributed by atoms with Crippen LogP contribution in [-0.2, 0) is 21.2 Å². The Labute approximate surface area is 136 Å². The molecule has 1 fully saturated rings. The van der Waals surface area contributed by atoms with Crippen molar-refractivity contribution in [3.63, 3.8) is 0 Å². The summed E-state index contributed by atoms with van der Waals surface area (Å²) in [7, 11) is -3.24. The average Bonchev–Trinajstić information content (AvgIpc) is 2.53. The number of nitrogens with one attached hydrogen (secondary N) is 1. The molecule has 2 heterocycles. The van der Waals surface area contributed by atoms with Gasteiger partial charge < -0.3 is 10.1 Å². The monoisotopic (exact) mass is 342 g/mol. The lowest BCUT2D eigenvalue weighted by Crippen LogP contribution is -2.49. The van der Waals surface area contributed by atoms with Crippen LogP contribution in [0, 0.1) is 0 Å². The molecule has 0 aliphatic carbocycles. The van der Waals surface area contributed by atoms with Gasteiger partial charge in [-0.2, -0.15) is 4.31 Å². The molecule has 0 bridgehead atoms. The Kier molecular flexibility index (Phi) is 6.03. The Hall–Kier alpha value is -1.58. The second kappa shape index (κ2) is 7.80. The summed E-state index contributed by atoms with van der Waals surface area (Å²) in [5, 5.41) is 2.77. The minimum Gasteiger partial charge on any atom is -0.374 e. The quantitative estimate of drug-likeness (QED) is 0.769. The van der Waals surface area contributed by atoms with E-state index in [4.69, 9.17) is 4.74 Å². The summed E-state index contributed by atoms with van der Waals surface area (Å²) in [6.45, 7) is 3.16. The Morgan fingerprint density at radius 1 is 1.52 bits per heavy atom. The SMILES string of the molecule is CCCc1ncncc1C(=O)NCC1CN(S(C)(=O)=O)CCO1. The van der Waals surface area contributed by atoms with Gasteiger partial charge in [0.1, 0.15) is 6.33 Å². The van der Waals surface area contributed by atoms with Crippen molar-refractivity contribution in [1.29, 1.82) is 0 Å². The molecule has 1 saturated heterocycles. The third-order valence-corrected chi connectivity index (χ3v) is 4.86. The number of amides is 1. The number of nitrogens with zero attached hydrogens (tertiary/aromatic N) is 3. The van der Waals surface area contributed by atoms with Gasteiger partial charge in [-0.15, -0.1) is 0 Å². The molecule has 128 valence electrons. The maximum atomic E-state index is 12.3. The highest BCUT2D eigenvalue weighted by Crippen LogP contribution is 2.10. The predicted molar refractivity (Wildman–Crippen MR) is 84.5 cm³/mol. The Bertz CT molecular complexity index is 650. The molecule has 1 unspecified atom stereocenters. The topological polar surface area (TPSA) is 101 Å². The van der Waals surface area contributed by atoms with Crippen LogP contribution >= 0.6 is 0 Å². The van der Waals surface area contributed by atoms with Crippen LogP contribution in [0.15, 0.2) is 12.5 Å². The fourth-order valence-electron chi connectivity index (χ4n) is 2.40. The highest BCUT2D eigenvalue weighted by Gasteiger charge is 2.27. The number of hydrogen-bond acceptors (Lipinski definition) is 6. The highest BCUT2D eigenvalue weighted by atomic mass is 32.2. The van der Waals surface area contributed by atoms with Gasteiger partial charge in [0, 0.05) is 25.8 Å². The summed E-state index contributed by atoms with van der Waals surface area (Å²) in [5.74, 6) is -0.269. The maximum absolute atomic E-state index is 12.3. The Morgan fingerprint density at radius 2 is 2.30 bits per heavy atom. The number of rotatable bonds is 6. The van der Waals surface area contributed by atoms with Gasteiger partial charge in [-0.1, -0.05) is 13.3 Å². The summed E-state index contributed by atoms with van der Waals surface area (Å²) in [6.07, 6.45) is 5.32. The van der Waals surface area contributed by atoms with Gasteiger partial charge in [0.05, 0.1) is 30.2 Å². The summed E-state index contributed by atoms with van der Waals surface area (Å²) >= 11 is 0. The number of hydrogen-bond donors (Lipinski definition) is 1. The van der Waals surface area contributed by atoms with E-state index in [0.717, 1.165) is 6.42 Å². The van der Waals surface area contributed by atoms with Crippen molar-refractivity contribution in [3.05, 3.63) is 23.8 Å². The van der Waals surface area contributed by atoms with Crippen molar-refractivity contribution < 1.29 is 17.9 Å². The first-order chi connectivity index (χ1) is 10.9. The first kappa shape index (κ1) is 17.8. The van der Waals surface area contributed by atoms with Gasteiger partial charge >= 0.3 is 0 Å². The summed E-state index contributed by atoms with van der Waals surface area (Å²) in [5.41, 5.74) is 1.16. The minimum atomic E-state index is -3.24. The number of aromatic nitrogens is 2. The highest BCUT2D eigenvalue weighted by molar-refractivity contribution is 7.88. The van der Waals surface area contributed by atoms with Gasteiger partial charge in [-0.3, -0.25) is 4.79 Å². The van der Waals surface area contributed by atoms with E-state index in [1.165, 1.54) is 23.1 Å². The van der Waals surface area contributed by atoms with E-state index >= 15 is 0 Å². The second-order valence-corrected chi connectivity index (χ2v) is 7.44. The standard InChI is InChI=1S/C14H22N4O4S/c1-3-4-13-12(8-15-10-17-13)14(19)16-7-11-9-18(5-6-22-11)23(2,20)21/h8,10-11H,3-7,9H2,1-2H3,(H,16,19). The van der Waals surface area contributed by atoms with Crippen LogP contribution in [0.3, 0.4) is 0 Å². The van der Waals surface area contributed by atoms with Gasteiger partial charge in [0.15, 0.2) is 0 Å². The lowest BCUT2D eigenvalue weighted by Gasteiger charge is -2.31. The molecule has 2 rings (SSSR count). The maximum Gasteiger partial charge on any atom is 0.254 e. The van der Waals surface area contributed by atoms with E-state index in [0.29, 0.717) is 30.8 Å². The van der Waals surface area contributed by atoms with Crippen LogP contribution in [0.4, 0.5) is 0 Å². The van der Waals surface area contributed by atoms with Crippen molar-refractivity contribution in [3.8, 4) is 0 Å². The number of aryl methyl sites for hydroxylation is 1. The summed E-state index contributed by atoms with van der Waals surface area (Å²) in [4.78, 5) is 20.3. The van der Waals surface area contributed by atoms with E-state index in [2.05, 4.69) is 15.3 Å². The molecular weight excluding hydrogens is 320 g/mol. The van der Waals surface area contributed by atoms with E-state index in [-0.39, 0.29) is 25.1 Å².